The predicted molar refractivity (Wildman–Crippen MR) is 210 cm³/mol. The molecular formula is C34H67N9O9S. The summed E-state index contributed by atoms with van der Waals surface area (Å²) in [5.74, 6) is 3.41. The molecule has 0 aromatic carbocycles. The van der Waals surface area contributed by atoms with Gasteiger partial charge in [-0.25, -0.2) is 14.4 Å². The Morgan fingerprint density at radius 3 is 1.72 bits per heavy atom. The number of thioether (sulfide) groups is 1. The highest BCUT2D eigenvalue weighted by Crippen LogP contribution is 2.34. The average Bonchev–Trinajstić information content (AvgIpc) is 3.19. The van der Waals surface area contributed by atoms with E-state index in [1.807, 2.05) is 13.8 Å². The van der Waals surface area contributed by atoms with E-state index in [0.717, 1.165) is 0 Å². The van der Waals surface area contributed by atoms with Crippen LogP contribution in [0, 0.1) is 16.7 Å². The lowest BCUT2D eigenvalue weighted by atomic mass is 9.89. The Hall–Kier alpha value is -3.81. The number of ether oxygens (including phenoxy) is 5. The van der Waals surface area contributed by atoms with Crippen molar-refractivity contribution in [2.45, 2.75) is 67.7 Å². The molecule has 11 N–H and O–H groups in total. The van der Waals surface area contributed by atoms with Crippen molar-refractivity contribution >= 4 is 47.6 Å². The van der Waals surface area contributed by atoms with Crippen molar-refractivity contribution < 1.29 is 42.9 Å². The molecule has 308 valence electrons. The van der Waals surface area contributed by atoms with Crippen molar-refractivity contribution in [3.63, 3.8) is 0 Å². The van der Waals surface area contributed by atoms with Gasteiger partial charge in [-0.15, -0.1) is 10.2 Å². The Bertz CT molecular complexity index is 1080. The molecule has 0 aromatic heterocycles. The van der Waals surface area contributed by atoms with Crippen LogP contribution in [0.15, 0.2) is 22.4 Å². The number of amidine groups is 2. The summed E-state index contributed by atoms with van der Waals surface area (Å²) in [4.78, 5) is 43.2. The number of nitrogens with two attached hydrogens (primary N) is 4. The fourth-order valence-electron chi connectivity index (χ4n) is 3.49. The van der Waals surface area contributed by atoms with Gasteiger partial charge >= 0.3 is 18.2 Å². The normalized spacial score (nSPS) is 14.7. The maximum Gasteiger partial charge on any atom is 0.407 e. The Morgan fingerprint density at radius 1 is 0.717 bits per heavy atom. The summed E-state index contributed by atoms with van der Waals surface area (Å²) in [5.41, 5.74) is 21.3. The smallest absolute Gasteiger partial charge is 0.407 e. The molecule has 53 heavy (non-hydrogen) atoms. The second-order valence-electron chi connectivity index (χ2n) is 13.6. The molecule has 19 heteroatoms. The van der Waals surface area contributed by atoms with Crippen molar-refractivity contribution in [2.75, 3.05) is 84.0 Å². The monoisotopic (exact) mass is 777 g/mol. The van der Waals surface area contributed by atoms with Gasteiger partial charge in [-0.05, 0) is 30.1 Å². The molecule has 1 rings (SSSR count). The summed E-state index contributed by atoms with van der Waals surface area (Å²) < 4.78 is 24.9. The second-order valence-corrected chi connectivity index (χ2v) is 14.5. The standard InChI is InChI=1S/C18H36N6O5.C10H18S.C6H13N3O4/c1-14(2)13-29-18(26)22-8-10-28-12-11-27-9-7-21-17(25)6-4-5-16(20)24-23-15(3)19;1-9(2)5-6-10(3,4)8-11-7-9;7-5(10)9-1-2-12-3-4-13-6(8)11/h14H,4-13H2,1-3H3,(H2,19,23)(H2,20,24)(H,21,25)(H,22,26);5-6H,7-8H2,1-4H3;1-4H2,(H2,8,11)(H3,7,9,10). The van der Waals surface area contributed by atoms with Crippen molar-refractivity contribution in [1.29, 1.82) is 0 Å². The molecule has 1 aliphatic rings. The summed E-state index contributed by atoms with van der Waals surface area (Å²) in [6, 6.07) is -0.600. The fourth-order valence-corrected chi connectivity index (χ4v) is 4.84. The number of nitrogens with one attached hydrogen (secondary N) is 3. The van der Waals surface area contributed by atoms with E-state index in [1.54, 1.807) is 6.92 Å². The zero-order valence-electron chi connectivity index (χ0n) is 32.8. The van der Waals surface area contributed by atoms with Gasteiger partial charge in [0.25, 0.3) is 0 Å². The van der Waals surface area contributed by atoms with Gasteiger partial charge in [-0.1, -0.05) is 53.7 Å². The highest BCUT2D eigenvalue weighted by molar-refractivity contribution is 7.99. The van der Waals surface area contributed by atoms with E-state index < -0.39 is 18.2 Å². The van der Waals surface area contributed by atoms with Crippen molar-refractivity contribution in [2.24, 2.45) is 49.9 Å². The van der Waals surface area contributed by atoms with Crippen LogP contribution in [0.4, 0.5) is 14.4 Å². The molecule has 0 aromatic rings. The zero-order chi connectivity index (χ0) is 40.5. The van der Waals surface area contributed by atoms with Crippen LogP contribution >= 0.6 is 11.8 Å². The van der Waals surface area contributed by atoms with Crippen molar-refractivity contribution in [3.8, 4) is 0 Å². The number of amides is 5. The van der Waals surface area contributed by atoms with Crippen LogP contribution in [0.5, 0.6) is 0 Å². The summed E-state index contributed by atoms with van der Waals surface area (Å²) in [7, 11) is 0. The van der Waals surface area contributed by atoms with Crippen LogP contribution in [0.25, 0.3) is 0 Å². The number of urea groups is 1. The minimum Gasteiger partial charge on any atom is -0.449 e. The Kier molecular flexibility index (Phi) is 30.7. The summed E-state index contributed by atoms with van der Waals surface area (Å²) in [6.07, 6.45) is 4.86. The van der Waals surface area contributed by atoms with Crippen LogP contribution in [-0.4, -0.2) is 120 Å². The van der Waals surface area contributed by atoms with Crippen LogP contribution in [-0.2, 0) is 28.5 Å². The third kappa shape index (κ3) is 40.8. The lowest BCUT2D eigenvalue weighted by Crippen LogP contribution is -2.32. The highest BCUT2D eigenvalue weighted by Gasteiger charge is 2.23. The van der Waals surface area contributed by atoms with E-state index in [0.29, 0.717) is 107 Å². The van der Waals surface area contributed by atoms with Crippen molar-refractivity contribution in [1.82, 2.24) is 16.0 Å². The molecular weight excluding hydrogens is 710 g/mol. The minimum absolute atomic E-state index is 0.0772. The van der Waals surface area contributed by atoms with Gasteiger partial charge in [0.15, 0.2) is 0 Å². The Labute approximate surface area is 319 Å². The number of hydrogen-bond donors (Lipinski definition) is 7. The summed E-state index contributed by atoms with van der Waals surface area (Å²) >= 11 is 2.07. The number of rotatable bonds is 22. The molecule has 1 heterocycles. The molecule has 0 spiro atoms. The van der Waals surface area contributed by atoms with Crippen LogP contribution in [0.1, 0.15) is 67.7 Å². The highest BCUT2D eigenvalue weighted by atomic mass is 32.2. The van der Waals surface area contributed by atoms with E-state index >= 15 is 0 Å². The lowest BCUT2D eigenvalue weighted by molar-refractivity contribution is -0.121. The first-order valence-corrected chi connectivity index (χ1v) is 18.8. The molecule has 0 fully saturated rings. The van der Waals surface area contributed by atoms with Gasteiger partial charge in [0, 0.05) is 44.0 Å². The van der Waals surface area contributed by atoms with Gasteiger partial charge in [-0.3, -0.25) is 4.79 Å². The first kappa shape index (κ1) is 51.3. The molecule has 0 saturated heterocycles. The molecule has 0 unspecified atom stereocenters. The largest absolute Gasteiger partial charge is 0.449 e. The first-order valence-electron chi connectivity index (χ1n) is 17.6. The number of carbonyl (C=O) groups is 4. The van der Waals surface area contributed by atoms with E-state index in [2.05, 4.69) is 88.2 Å². The van der Waals surface area contributed by atoms with Gasteiger partial charge < -0.3 is 62.6 Å². The van der Waals surface area contributed by atoms with E-state index in [4.69, 9.17) is 36.1 Å². The minimum atomic E-state index is -0.834. The van der Waals surface area contributed by atoms with E-state index in [-0.39, 0.29) is 19.1 Å². The predicted octanol–water partition coefficient (Wildman–Crippen LogP) is 2.45. The summed E-state index contributed by atoms with van der Waals surface area (Å²) in [5, 5.41) is 15.1. The third-order valence-electron chi connectivity index (χ3n) is 6.13. The molecule has 0 radical (unpaired) electrons. The van der Waals surface area contributed by atoms with Gasteiger partial charge in [-0.2, -0.15) is 11.8 Å². The molecule has 0 aliphatic carbocycles. The Balaban J connectivity index is 0. The molecule has 0 atom stereocenters. The van der Waals surface area contributed by atoms with Gasteiger partial charge in [0.2, 0.25) is 5.91 Å². The van der Waals surface area contributed by atoms with Crippen LogP contribution in [0.3, 0.4) is 0 Å². The van der Waals surface area contributed by atoms with Crippen LogP contribution < -0.4 is 38.9 Å². The quantitative estimate of drug-likeness (QED) is 0.0275. The first-order chi connectivity index (χ1) is 24.8. The molecule has 18 nitrogen and oxygen atoms in total. The average molecular weight is 778 g/mol. The molecule has 0 saturated carbocycles. The molecule has 0 bridgehead atoms. The molecule has 1 aliphatic heterocycles. The fraction of sp³-hybridized carbons (Fsp3) is 0.765. The van der Waals surface area contributed by atoms with Crippen molar-refractivity contribution in [3.05, 3.63) is 12.2 Å². The molecule has 5 amide bonds. The second kappa shape index (κ2) is 31.7. The van der Waals surface area contributed by atoms with E-state index in [1.165, 1.54) is 11.5 Å². The number of alkyl carbamates (subject to hydrolysis) is 1. The Morgan fingerprint density at radius 2 is 1.23 bits per heavy atom. The van der Waals surface area contributed by atoms with Gasteiger partial charge in [0.05, 0.1) is 46.2 Å². The van der Waals surface area contributed by atoms with Crippen LogP contribution in [0.2, 0.25) is 0 Å². The maximum absolute atomic E-state index is 11.7. The van der Waals surface area contributed by atoms with E-state index in [9.17, 15) is 19.2 Å². The lowest BCUT2D eigenvalue weighted by Gasteiger charge is -2.17. The number of allylic oxidation sites excluding steroid dienone is 2. The topological polar surface area (TPSA) is 279 Å². The number of hydrogen-bond acceptors (Lipinski definition) is 12. The number of nitrogens with zero attached hydrogens (tertiary/aromatic N) is 2. The van der Waals surface area contributed by atoms with Gasteiger partial charge in [0.1, 0.15) is 18.3 Å². The SMILES string of the molecule is C/C(N)=N/N=C(\N)CCCC(=O)NCCOCCOCCNC(=O)OCC(C)C.CC1(C)C=CC(C)(C)CSC1.NC(=O)NCCOCCOC(N)=O. The number of carbonyl (C=O) groups excluding carboxylic acids is 4. The third-order valence-corrected chi connectivity index (χ3v) is 8.02. The maximum atomic E-state index is 11.7. The zero-order valence-corrected chi connectivity index (χ0v) is 33.6. The summed E-state index contributed by atoms with van der Waals surface area (Å²) in [6.45, 7) is 18.5. The number of primary amides is 2.